The van der Waals surface area contributed by atoms with Gasteiger partial charge in [0, 0.05) is 12.3 Å². The van der Waals surface area contributed by atoms with Crippen LogP contribution in [0.3, 0.4) is 0 Å². The van der Waals surface area contributed by atoms with E-state index < -0.39 is 0 Å². The third-order valence-electron chi connectivity index (χ3n) is 5.03. The Balaban J connectivity index is 2.26. The highest BCUT2D eigenvalue weighted by atomic mass is 16.1. The summed E-state index contributed by atoms with van der Waals surface area (Å²) in [5.74, 6) is 0.481. The monoisotopic (exact) mass is 248 g/mol. The Hall–Kier alpha value is -0.920. The molecule has 0 saturated heterocycles. The highest BCUT2D eigenvalue weighted by molar-refractivity contribution is 5.97. The minimum Gasteiger partial charge on any atom is -0.300 e. The maximum absolute atomic E-state index is 12.3. The third-order valence-corrected chi connectivity index (χ3v) is 5.03. The number of allylic oxidation sites excluding steroid dienone is 2. The third kappa shape index (κ3) is 2.06. The Labute approximate surface area is 110 Å². The summed E-state index contributed by atoms with van der Waals surface area (Å²) in [5, 5.41) is 0. The van der Waals surface area contributed by atoms with E-state index in [2.05, 4.69) is 20.8 Å². The molecule has 2 heteroatoms. The summed E-state index contributed by atoms with van der Waals surface area (Å²) in [5.41, 5.74) is 1.49. The molecule has 0 radical (unpaired) electrons. The van der Waals surface area contributed by atoms with Crippen LogP contribution in [0.4, 0.5) is 0 Å². The quantitative estimate of drug-likeness (QED) is 0.763. The van der Waals surface area contributed by atoms with Gasteiger partial charge in [-0.2, -0.15) is 0 Å². The number of fused-ring (bicyclic) bond motifs is 1. The molecule has 2 atom stereocenters. The predicted octanol–water partition coefficient (Wildman–Crippen LogP) is 3.70. The molecule has 2 aliphatic rings. The molecule has 0 aromatic rings. The van der Waals surface area contributed by atoms with E-state index in [0.717, 1.165) is 12.8 Å². The van der Waals surface area contributed by atoms with E-state index in [1.807, 2.05) is 6.08 Å². The second-order valence-electron chi connectivity index (χ2n) is 6.91. The van der Waals surface area contributed by atoms with Crippen LogP contribution in [0.5, 0.6) is 0 Å². The van der Waals surface area contributed by atoms with Crippen LogP contribution in [0.15, 0.2) is 11.6 Å². The van der Waals surface area contributed by atoms with Crippen LogP contribution in [-0.4, -0.2) is 11.6 Å². The zero-order valence-corrected chi connectivity index (χ0v) is 12.0. The van der Waals surface area contributed by atoms with E-state index in [1.54, 1.807) is 6.92 Å². The van der Waals surface area contributed by atoms with Gasteiger partial charge in [-0.1, -0.05) is 32.8 Å². The zero-order chi connectivity index (χ0) is 13.6. The molecule has 0 spiro atoms. The summed E-state index contributed by atoms with van der Waals surface area (Å²) >= 11 is 0. The lowest BCUT2D eigenvalue weighted by atomic mass is 9.58. The number of hydrogen-bond donors (Lipinski definition) is 0. The zero-order valence-electron chi connectivity index (χ0n) is 12.0. The molecule has 1 saturated carbocycles. The van der Waals surface area contributed by atoms with Gasteiger partial charge >= 0.3 is 0 Å². The number of Topliss-reactive ketones (excluding diaryl/α,β-unsaturated/α-hetero) is 1. The van der Waals surface area contributed by atoms with E-state index in [1.165, 1.54) is 18.4 Å². The fraction of sp³-hybridized carbons (Fsp3) is 0.750. The van der Waals surface area contributed by atoms with Crippen LogP contribution in [0, 0.1) is 16.7 Å². The van der Waals surface area contributed by atoms with Gasteiger partial charge in [0.05, 0.1) is 0 Å². The molecule has 0 bridgehead atoms. The first-order valence-electron chi connectivity index (χ1n) is 7.03. The van der Waals surface area contributed by atoms with Gasteiger partial charge in [0.25, 0.3) is 0 Å². The summed E-state index contributed by atoms with van der Waals surface area (Å²) in [6.07, 6.45) is 6.60. The summed E-state index contributed by atoms with van der Waals surface area (Å²) in [4.78, 5) is 23.4. The Morgan fingerprint density at radius 3 is 2.61 bits per heavy atom. The molecule has 0 aromatic carbocycles. The van der Waals surface area contributed by atoms with E-state index in [-0.39, 0.29) is 28.3 Å². The molecular formula is C16H24O2. The molecule has 2 nitrogen and oxygen atoms in total. The van der Waals surface area contributed by atoms with Crippen LogP contribution in [0.1, 0.15) is 59.8 Å². The van der Waals surface area contributed by atoms with Gasteiger partial charge in [-0.25, -0.2) is 0 Å². The Morgan fingerprint density at radius 2 is 2.00 bits per heavy atom. The van der Waals surface area contributed by atoms with Crippen molar-refractivity contribution in [3.63, 3.8) is 0 Å². The molecule has 0 N–H and O–H groups in total. The Kier molecular flexibility index (Phi) is 3.25. The Bertz CT molecular complexity index is 417. The van der Waals surface area contributed by atoms with Crippen molar-refractivity contribution in [2.24, 2.45) is 16.7 Å². The van der Waals surface area contributed by atoms with Crippen molar-refractivity contribution in [3.8, 4) is 0 Å². The second-order valence-corrected chi connectivity index (χ2v) is 6.91. The van der Waals surface area contributed by atoms with Gasteiger partial charge in [-0.3, -0.25) is 4.79 Å². The second kappa shape index (κ2) is 4.32. The molecule has 100 valence electrons. The number of carbonyl (C=O) groups is 2. The van der Waals surface area contributed by atoms with Gasteiger partial charge in [0.1, 0.15) is 5.78 Å². The molecule has 18 heavy (non-hydrogen) atoms. The lowest BCUT2D eigenvalue weighted by Gasteiger charge is -2.46. The van der Waals surface area contributed by atoms with Gasteiger partial charge in [-0.05, 0) is 43.1 Å². The first-order valence-corrected chi connectivity index (χ1v) is 7.03. The number of carbonyl (C=O) groups excluding carboxylic acids is 2. The van der Waals surface area contributed by atoms with Crippen molar-refractivity contribution in [3.05, 3.63) is 11.6 Å². The number of rotatable bonds is 3. The van der Waals surface area contributed by atoms with Gasteiger partial charge < -0.3 is 4.79 Å². The summed E-state index contributed by atoms with van der Waals surface area (Å²) < 4.78 is 0. The molecule has 2 aliphatic carbocycles. The maximum Gasteiger partial charge on any atom is 0.159 e. The van der Waals surface area contributed by atoms with Gasteiger partial charge in [-0.15, -0.1) is 0 Å². The van der Waals surface area contributed by atoms with E-state index in [0.29, 0.717) is 6.42 Å². The Morgan fingerprint density at radius 1 is 1.33 bits per heavy atom. The van der Waals surface area contributed by atoms with Crippen molar-refractivity contribution >= 4 is 11.6 Å². The van der Waals surface area contributed by atoms with Crippen molar-refractivity contribution in [1.29, 1.82) is 0 Å². The minimum atomic E-state index is 0.00822. The standard InChI is InChI=1S/C16H24O2/c1-11(17)6-7-12-13(18)10-14-15(2,3)8-5-9-16(12,14)4/h10,12H,5-9H2,1-4H3/t12-,16-/m1/s1. The molecule has 0 heterocycles. The average molecular weight is 248 g/mol. The van der Waals surface area contributed by atoms with Crippen molar-refractivity contribution in [2.75, 3.05) is 0 Å². The van der Waals surface area contributed by atoms with E-state index >= 15 is 0 Å². The normalized spacial score (nSPS) is 34.1. The van der Waals surface area contributed by atoms with E-state index in [4.69, 9.17) is 0 Å². The molecule has 0 unspecified atom stereocenters. The average Bonchev–Trinajstić information content (AvgIpc) is 2.48. The fourth-order valence-corrected chi connectivity index (χ4v) is 4.03. The highest BCUT2D eigenvalue weighted by Gasteiger charge is 2.52. The number of ketones is 2. The number of hydrogen-bond acceptors (Lipinski definition) is 2. The summed E-state index contributed by atoms with van der Waals surface area (Å²) in [6, 6.07) is 0. The van der Waals surface area contributed by atoms with Crippen molar-refractivity contribution in [1.82, 2.24) is 0 Å². The first kappa shape index (κ1) is 13.5. The molecule has 1 fully saturated rings. The summed E-state index contributed by atoms with van der Waals surface area (Å²) in [6.45, 7) is 8.34. The van der Waals surface area contributed by atoms with Crippen LogP contribution in [0.25, 0.3) is 0 Å². The lowest BCUT2D eigenvalue weighted by molar-refractivity contribution is -0.121. The minimum absolute atomic E-state index is 0.00822. The van der Waals surface area contributed by atoms with Crippen molar-refractivity contribution in [2.45, 2.75) is 59.8 Å². The molecule has 0 aromatic heterocycles. The molecule has 0 aliphatic heterocycles. The predicted molar refractivity (Wildman–Crippen MR) is 72.2 cm³/mol. The van der Waals surface area contributed by atoms with Crippen molar-refractivity contribution < 1.29 is 9.59 Å². The largest absolute Gasteiger partial charge is 0.300 e. The fourth-order valence-electron chi connectivity index (χ4n) is 4.03. The topological polar surface area (TPSA) is 34.1 Å². The molecule has 2 rings (SSSR count). The first-order chi connectivity index (χ1) is 8.27. The van der Waals surface area contributed by atoms with Crippen LogP contribution >= 0.6 is 0 Å². The SMILES string of the molecule is CC(=O)CC[C@@H]1C(=O)C=C2C(C)(C)CCC[C@@]21C. The van der Waals surface area contributed by atoms with Crippen LogP contribution < -0.4 is 0 Å². The van der Waals surface area contributed by atoms with E-state index in [9.17, 15) is 9.59 Å². The highest BCUT2D eigenvalue weighted by Crippen LogP contribution is 2.58. The maximum atomic E-state index is 12.3. The molecular weight excluding hydrogens is 224 g/mol. The lowest BCUT2D eigenvalue weighted by Crippen LogP contribution is -2.37. The smallest absolute Gasteiger partial charge is 0.159 e. The van der Waals surface area contributed by atoms with Crippen LogP contribution in [-0.2, 0) is 9.59 Å². The van der Waals surface area contributed by atoms with Gasteiger partial charge in [0.2, 0.25) is 0 Å². The summed E-state index contributed by atoms with van der Waals surface area (Å²) in [7, 11) is 0. The van der Waals surface area contributed by atoms with Crippen LogP contribution in [0.2, 0.25) is 0 Å². The molecule has 0 amide bonds. The van der Waals surface area contributed by atoms with Gasteiger partial charge in [0.15, 0.2) is 5.78 Å².